The summed E-state index contributed by atoms with van der Waals surface area (Å²) in [5, 5.41) is 5.10. The van der Waals surface area contributed by atoms with Crippen molar-refractivity contribution in [3.63, 3.8) is 0 Å². The molecule has 252 valence electrons. The summed E-state index contributed by atoms with van der Waals surface area (Å²) in [6, 6.07) is -3.33. The predicted molar refractivity (Wildman–Crippen MR) is 168 cm³/mol. The molecule has 0 aromatic carbocycles. The van der Waals surface area contributed by atoms with Gasteiger partial charge in [-0.25, -0.2) is 0 Å². The van der Waals surface area contributed by atoms with Crippen LogP contribution in [0.3, 0.4) is 0 Å². The Morgan fingerprint density at radius 1 is 0.822 bits per heavy atom. The van der Waals surface area contributed by atoms with E-state index < -0.39 is 48.4 Å². The van der Waals surface area contributed by atoms with Gasteiger partial charge in [-0.3, -0.25) is 34.0 Å². The molecule has 0 radical (unpaired) electrons. The van der Waals surface area contributed by atoms with Gasteiger partial charge >= 0.3 is 0 Å². The highest BCUT2D eigenvalue weighted by molar-refractivity contribution is 5.95. The lowest BCUT2D eigenvalue weighted by molar-refractivity contribution is -0.148. The van der Waals surface area contributed by atoms with Crippen molar-refractivity contribution in [1.82, 2.24) is 20.4 Å². The van der Waals surface area contributed by atoms with Gasteiger partial charge in [0.25, 0.3) is 0 Å². The summed E-state index contributed by atoms with van der Waals surface area (Å²) >= 11 is 0. The second kappa shape index (κ2) is 16.8. The number of likely N-dealkylation sites (tertiary alicyclic amines) is 2. The van der Waals surface area contributed by atoms with Crippen molar-refractivity contribution in [2.24, 2.45) is 50.3 Å². The fourth-order valence-corrected chi connectivity index (χ4v) is 6.65. The van der Waals surface area contributed by atoms with Gasteiger partial charge in [0, 0.05) is 25.7 Å². The topological polar surface area (TPSA) is 297 Å². The van der Waals surface area contributed by atoms with Gasteiger partial charge < -0.3 is 54.8 Å². The number of nitrogens with two attached hydrogens (primary N) is 6. The molecule has 14 N–H and O–H groups in total. The molecule has 0 unspecified atom stereocenters. The Labute approximate surface area is 263 Å². The number of primary amides is 1. The summed E-state index contributed by atoms with van der Waals surface area (Å²) in [4.78, 5) is 76.2. The van der Waals surface area contributed by atoms with Crippen LogP contribution in [0, 0.1) is 5.92 Å². The molecule has 0 spiro atoms. The van der Waals surface area contributed by atoms with E-state index in [0.717, 1.165) is 25.7 Å². The van der Waals surface area contributed by atoms with E-state index in [4.69, 9.17) is 34.4 Å². The molecule has 2 saturated heterocycles. The van der Waals surface area contributed by atoms with E-state index in [0.29, 0.717) is 51.6 Å². The zero-order chi connectivity index (χ0) is 33.1. The smallest absolute Gasteiger partial charge is 0.246 e. The Morgan fingerprint density at radius 2 is 1.47 bits per heavy atom. The van der Waals surface area contributed by atoms with Crippen LogP contribution in [0.1, 0.15) is 70.6 Å². The van der Waals surface area contributed by atoms with E-state index >= 15 is 0 Å². The summed E-state index contributed by atoms with van der Waals surface area (Å²) < 4.78 is 0. The maximum absolute atomic E-state index is 14.0. The Kier molecular flexibility index (Phi) is 13.2. The number of hydrogen-bond acceptors (Lipinski definition) is 8. The van der Waals surface area contributed by atoms with Crippen LogP contribution in [0.25, 0.3) is 0 Å². The number of carbonyl (C=O) groups is 5. The zero-order valence-corrected chi connectivity index (χ0v) is 25.9. The Bertz CT molecular complexity index is 1140. The average molecular weight is 635 g/mol. The maximum atomic E-state index is 14.0. The number of amides is 5. The van der Waals surface area contributed by atoms with E-state index in [9.17, 15) is 24.0 Å². The fraction of sp³-hybridized carbons (Fsp3) is 0.750. The van der Waals surface area contributed by atoms with E-state index in [1.54, 1.807) is 4.90 Å². The third-order valence-corrected chi connectivity index (χ3v) is 8.80. The fourth-order valence-electron chi connectivity index (χ4n) is 6.65. The second-order valence-corrected chi connectivity index (χ2v) is 12.0. The highest BCUT2D eigenvalue weighted by Gasteiger charge is 2.50. The van der Waals surface area contributed by atoms with Gasteiger partial charge in [-0.2, -0.15) is 0 Å². The van der Waals surface area contributed by atoms with Crippen LogP contribution in [0.5, 0.6) is 0 Å². The molecule has 3 fully saturated rings. The SMILES string of the molecule is NC(=O)[C@H](CCCN=C(N)N)NC(=O)CNC(=O)[C@@H]1CCCN1C(=O)[C@@H]1C[C@@H]2CCCC[C@@H]2N1C(=O)[C@H](N)CCCN=C(N)N. The molecule has 3 aliphatic rings. The lowest BCUT2D eigenvalue weighted by Gasteiger charge is -2.36. The summed E-state index contributed by atoms with van der Waals surface area (Å²) in [5.41, 5.74) is 33.1. The first kappa shape index (κ1) is 35.3. The molecule has 17 nitrogen and oxygen atoms in total. The van der Waals surface area contributed by atoms with Crippen molar-refractivity contribution in [3.05, 3.63) is 0 Å². The summed E-state index contributed by atoms with van der Waals surface area (Å²) in [5.74, 6) is -2.27. The minimum atomic E-state index is -0.958. The molecule has 0 aromatic rings. The van der Waals surface area contributed by atoms with Gasteiger partial charge in [-0.15, -0.1) is 0 Å². The highest BCUT2D eigenvalue weighted by Crippen LogP contribution is 2.41. The lowest BCUT2D eigenvalue weighted by Crippen LogP contribution is -2.57. The first-order valence-electron chi connectivity index (χ1n) is 15.8. The Balaban J connectivity index is 1.61. The molecule has 0 aromatic heterocycles. The van der Waals surface area contributed by atoms with Gasteiger partial charge in [0.05, 0.1) is 12.6 Å². The number of hydrogen-bond donors (Lipinski definition) is 8. The van der Waals surface area contributed by atoms with Crippen molar-refractivity contribution in [1.29, 1.82) is 0 Å². The number of carbonyl (C=O) groups excluding carboxylic acids is 5. The number of nitrogens with one attached hydrogen (secondary N) is 2. The Morgan fingerprint density at radius 3 is 2.11 bits per heavy atom. The molecule has 2 heterocycles. The third kappa shape index (κ3) is 9.92. The predicted octanol–water partition coefficient (Wildman–Crippen LogP) is -3.34. The quantitative estimate of drug-likeness (QED) is 0.0503. The summed E-state index contributed by atoms with van der Waals surface area (Å²) in [7, 11) is 0. The van der Waals surface area contributed by atoms with Crippen LogP contribution in [0.4, 0.5) is 0 Å². The first-order valence-corrected chi connectivity index (χ1v) is 15.8. The van der Waals surface area contributed by atoms with Crippen molar-refractivity contribution < 1.29 is 24.0 Å². The zero-order valence-electron chi connectivity index (χ0n) is 25.9. The van der Waals surface area contributed by atoms with Crippen molar-refractivity contribution >= 4 is 41.5 Å². The van der Waals surface area contributed by atoms with Crippen LogP contribution in [-0.2, 0) is 24.0 Å². The monoisotopic (exact) mass is 634 g/mol. The molecule has 3 rings (SSSR count). The molecule has 45 heavy (non-hydrogen) atoms. The standard InChI is InChI=1S/C28H50N12O5/c29-17(7-3-11-35-27(31)32)25(44)40-19-9-2-1-6-16(19)14-21(40)26(45)39-13-5-10-20(39)24(43)37-15-22(41)38-18(23(30)42)8-4-12-36-28(33)34/h16-21H,1-15,29H2,(H2,30,42)(H,37,43)(H,38,41)(H4,31,32,35)(H4,33,34,36)/t16-,17+,18-,19-,20-,21-/m0/s1. The maximum Gasteiger partial charge on any atom is 0.246 e. The minimum Gasteiger partial charge on any atom is -0.370 e. The molecule has 17 heteroatoms. The van der Waals surface area contributed by atoms with Crippen molar-refractivity contribution in [2.75, 3.05) is 26.2 Å². The van der Waals surface area contributed by atoms with Gasteiger partial charge in [0.1, 0.15) is 18.1 Å². The number of aliphatic imine (C=N–C) groups is 2. The molecular formula is C28H50N12O5. The van der Waals surface area contributed by atoms with E-state index in [1.807, 2.05) is 0 Å². The molecule has 2 aliphatic heterocycles. The average Bonchev–Trinajstić information content (AvgIpc) is 3.64. The van der Waals surface area contributed by atoms with E-state index in [2.05, 4.69) is 20.6 Å². The van der Waals surface area contributed by atoms with Crippen LogP contribution >= 0.6 is 0 Å². The van der Waals surface area contributed by atoms with Gasteiger partial charge in [-0.05, 0) is 63.7 Å². The van der Waals surface area contributed by atoms with E-state index in [-0.39, 0.29) is 48.7 Å². The third-order valence-electron chi connectivity index (χ3n) is 8.80. The number of fused-ring (bicyclic) bond motifs is 1. The molecule has 1 saturated carbocycles. The molecule has 5 amide bonds. The summed E-state index contributed by atoms with van der Waals surface area (Å²) in [6.07, 6.45) is 6.81. The van der Waals surface area contributed by atoms with Crippen LogP contribution in [0.2, 0.25) is 0 Å². The molecule has 6 atom stereocenters. The van der Waals surface area contributed by atoms with Crippen molar-refractivity contribution in [3.8, 4) is 0 Å². The van der Waals surface area contributed by atoms with Crippen LogP contribution < -0.4 is 45.0 Å². The Hall–Kier alpha value is -4.15. The summed E-state index contributed by atoms with van der Waals surface area (Å²) in [6.45, 7) is 0.576. The van der Waals surface area contributed by atoms with Crippen molar-refractivity contribution in [2.45, 2.75) is 101 Å². The normalized spacial score (nSPS) is 23.8. The molecule has 0 bridgehead atoms. The first-order chi connectivity index (χ1) is 21.4. The van der Waals surface area contributed by atoms with Gasteiger partial charge in [0.15, 0.2) is 11.9 Å². The largest absolute Gasteiger partial charge is 0.370 e. The van der Waals surface area contributed by atoms with Crippen LogP contribution in [0.15, 0.2) is 9.98 Å². The lowest BCUT2D eigenvalue weighted by atomic mass is 9.84. The number of rotatable bonds is 15. The molecule has 1 aliphatic carbocycles. The van der Waals surface area contributed by atoms with Gasteiger partial charge in [-0.1, -0.05) is 12.8 Å². The minimum absolute atomic E-state index is 0.0270. The van der Waals surface area contributed by atoms with Crippen LogP contribution in [-0.4, -0.2) is 108 Å². The second-order valence-electron chi connectivity index (χ2n) is 12.0. The van der Waals surface area contributed by atoms with E-state index in [1.165, 1.54) is 4.90 Å². The number of nitrogens with zero attached hydrogens (tertiary/aromatic N) is 4. The highest BCUT2D eigenvalue weighted by atomic mass is 16.2. The van der Waals surface area contributed by atoms with Gasteiger partial charge in [0.2, 0.25) is 29.5 Å². The molecular weight excluding hydrogens is 584 g/mol. The number of guanidine groups is 2.